The van der Waals surface area contributed by atoms with Gasteiger partial charge in [-0.25, -0.2) is 13.1 Å². The summed E-state index contributed by atoms with van der Waals surface area (Å²) in [6, 6.07) is 22.8. The predicted octanol–water partition coefficient (Wildman–Crippen LogP) is 3.99. The average molecular weight is 489 g/mol. The molecule has 2 N–H and O–H groups in total. The van der Waals surface area contributed by atoms with E-state index in [-0.39, 0.29) is 17.4 Å². The fourth-order valence-corrected chi connectivity index (χ4v) is 4.12. The van der Waals surface area contributed by atoms with Gasteiger partial charge in [0, 0.05) is 16.7 Å². The molecule has 3 aromatic rings. The molecule has 1 amide bonds. The first-order chi connectivity index (χ1) is 14.4. The smallest absolute Gasteiger partial charge is 0.262 e. The SMILES string of the molecule is O=C(COc1ccc(S(=O)(=O)NCCc2ccccc2)cc1)Nc1cccc(Br)c1. The van der Waals surface area contributed by atoms with Crippen LogP contribution in [0.3, 0.4) is 0 Å². The maximum Gasteiger partial charge on any atom is 0.262 e. The lowest BCUT2D eigenvalue weighted by atomic mass is 10.2. The second-order valence-electron chi connectivity index (χ2n) is 6.45. The van der Waals surface area contributed by atoms with Gasteiger partial charge in [0.05, 0.1) is 4.90 Å². The van der Waals surface area contributed by atoms with Crippen LogP contribution in [0.5, 0.6) is 5.75 Å². The van der Waals surface area contributed by atoms with Gasteiger partial charge < -0.3 is 10.1 Å². The van der Waals surface area contributed by atoms with Gasteiger partial charge in [0.15, 0.2) is 6.61 Å². The van der Waals surface area contributed by atoms with Crippen LogP contribution in [-0.4, -0.2) is 27.5 Å². The highest BCUT2D eigenvalue weighted by Gasteiger charge is 2.13. The zero-order chi connectivity index (χ0) is 21.4. The normalized spacial score (nSPS) is 11.1. The maximum absolute atomic E-state index is 12.4. The van der Waals surface area contributed by atoms with Gasteiger partial charge in [0.25, 0.3) is 5.91 Å². The van der Waals surface area contributed by atoms with Crippen molar-refractivity contribution in [2.45, 2.75) is 11.3 Å². The summed E-state index contributed by atoms with van der Waals surface area (Å²) < 4.78 is 33.7. The van der Waals surface area contributed by atoms with Crippen LogP contribution in [0.25, 0.3) is 0 Å². The summed E-state index contributed by atoms with van der Waals surface area (Å²) in [6.45, 7) is 0.119. The maximum atomic E-state index is 12.4. The molecule has 0 radical (unpaired) electrons. The molecule has 0 spiro atoms. The lowest BCUT2D eigenvalue weighted by Gasteiger charge is -2.10. The number of ether oxygens (including phenoxy) is 1. The van der Waals surface area contributed by atoms with Crippen molar-refractivity contribution in [3.05, 3.63) is 88.9 Å². The van der Waals surface area contributed by atoms with Crippen LogP contribution < -0.4 is 14.8 Å². The van der Waals surface area contributed by atoms with Gasteiger partial charge in [-0.2, -0.15) is 0 Å². The Labute approximate surface area is 184 Å². The summed E-state index contributed by atoms with van der Waals surface area (Å²) in [7, 11) is -3.61. The standard InChI is InChI=1S/C22H21BrN2O4S/c23-18-7-4-8-19(15-18)25-22(26)16-29-20-9-11-21(12-10-20)30(27,28)24-14-13-17-5-2-1-3-6-17/h1-12,15,24H,13-14,16H2,(H,25,26). The van der Waals surface area contributed by atoms with Gasteiger partial charge in [-0.3, -0.25) is 4.79 Å². The van der Waals surface area contributed by atoms with E-state index >= 15 is 0 Å². The number of amides is 1. The number of carbonyl (C=O) groups is 1. The predicted molar refractivity (Wildman–Crippen MR) is 120 cm³/mol. The van der Waals surface area contributed by atoms with E-state index in [1.807, 2.05) is 42.5 Å². The van der Waals surface area contributed by atoms with Crippen molar-refractivity contribution in [2.24, 2.45) is 0 Å². The molecule has 0 aliphatic rings. The molecule has 0 fully saturated rings. The second kappa shape index (κ2) is 10.4. The number of hydrogen-bond acceptors (Lipinski definition) is 4. The van der Waals surface area contributed by atoms with Crippen LogP contribution in [0.15, 0.2) is 88.2 Å². The number of carbonyl (C=O) groups excluding carboxylic acids is 1. The van der Waals surface area contributed by atoms with E-state index in [1.165, 1.54) is 24.3 Å². The summed E-state index contributed by atoms with van der Waals surface area (Å²) in [6.07, 6.45) is 0.606. The number of hydrogen-bond donors (Lipinski definition) is 2. The van der Waals surface area contributed by atoms with Crippen LogP contribution in [0.4, 0.5) is 5.69 Å². The van der Waals surface area contributed by atoms with Crippen molar-refractivity contribution in [3.8, 4) is 5.75 Å². The minimum Gasteiger partial charge on any atom is -0.484 e. The van der Waals surface area contributed by atoms with E-state index in [9.17, 15) is 13.2 Å². The molecule has 0 aliphatic carbocycles. The number of nitrogens with one attached hydrogen (secondary N) is 2. The average Bonchev–Trinajstić information content (AvgIpc) is 2.73. The highest BCUT2D eigenvalue weighted by Crippen LogP contribution is 2.17. The third kappa shape index (κ3) is 6.69. The topological polar surface area (TPSA) is 84.5 Å². The third-order valence-electron chi connectivity index (χ3n) is 4.16. The molecule has 0 atom stereocenters. The number of rotatable bonds is 9. The summed E-state index contributed by atoms with van der Waals surface area (Å²) in [5.74, 6) is 0.0926. The molecule has 0 bridgehead atoms. The number of benzene rings is 3. The Morgan fingerprint density at radius 1 is 0.933 bits per heavy atom. The minimum absolute atomic E-state index is 0.140. The molecule has 0 heterocycles. The summed E-state index contributed by atoms with van der Waals surface area (Å²) in [4.78, 5) is 12.1. The highest BCUT2D eigenvalue weighted by molar-refractivity contribution is 9.10. The Morgan fingerprint density at radius 2 is 1.67 bits per heavy atom. The Bertz CT molecular complexity index is 1090. The first kappa shape index (κ1) is 22.0. The van der Waals surface area contributed by atoms with Crippen molar-refractivity contribution in [3.63, 3.8) is 0 Å². The summed E-state index contributed by atoms with van der Waals surface area (Å²) in [5, 5.41) is 2.73. The van der Waals surface area contributed by atoms with Crippen LogP contribution in [-0.2, 0) is 21.2 Å². The van der Waals surface area contributed by atoms with Crippen LogP contribution in [0.2, 0.25) is 0 Å². The van der Waals surface area contributed by atoms with Gasteiger partial charge >= 0.3 is 0 Å². The molecule has 0 unspecified atom stereocenters. The lowest BCUT2D eigenvalue weighted by Crippen LogP contribution is -2.26. The molecule has 3 aromatic carbocycles. The van der Waals surface area contributed by atoms with Gasteiger partial charge in [0.1, 0.15) is 5.75 Å². The molecule has 156 valence electrons. The van der Waals surface area contributed by atoms with E-state index < -0.39 is 10.0 Å². The molecule has 3 rings (SSSR count). The van der Waals surface area contributed by atoms with Crippen LogP contribution in [0, 0.1) is 0 Å². The largest absolute Gasteiger partial charge is 0.484 e. The van der Waals surface area contributed by atoms with E-state index in [1.54, 1.807) is 12.1 Å². The Balaban J connectivity index is 1.49. The molecule has 0 aromatic heterocycles. The number of anilines is 1. The molecule has 30 heavy (non-hydrogen) atoms. The first-order valence-electron chi connectivity index (χ1n) is 9.24. The third-order valence-corrected chi connectivity index (χ3v) is 6.13. The van der Waals surface area contributed by atoms with E-state index in [4.69, 9.17) is 4.74 Å². The molecule has 0 aliphatic heterocycles. The molecular weight excluding hydrogens is 468 g/mol. The van der Waals surface area contributed by atoms with Crippen LogP contribution in [0.1, 0.15) is 5.56 Å². The van der Waals surface area contributed by atoms with E-state index in [0.29, 0.717) is 24.4 Å². The van der Waals surface area contributed by atoms with Gasteiger partial charge in [0.2, 0.25) is 10.0 Å². The quantitative estimate of drug-likeness (QED) is 0.476. The van der Waals surface area contributed by atoms with Crippen molar-refractivity contribution in [2.75, 3.05) is 18.5 Å². The Morgan fingerprint density at radius 3 is 2.37 bits per heavy atom. The molecular formula is C22H21BrN2O4S. The number of halogens is 1. The second-order valence-corrected chi connectivity index (χ2v) is 9.13. The Kier molecular flexibility index (Phi) is 7.62. The van der Waals surface area contributed by atoms with Crippen LogP contribution >= 0.6 is 15.9 Å². The van der Waals surface area contributed by atoms with Gasteiger partial charge in [-0.05, 0) is 54.4 Å². The van der Waals surface area contributed by atoms with Gasteiger partial charge in [-0.15, -0.1) is 0 Å². The Hall–Kier alpha value is -2.68. The lowest BCUT2D eigenvalue weighted by molar-refractivity contribution is -0.118. The molecule has 8 heteroatoms. The fourth-order valence-electron chi connectivity index (χ4n) is 2.68. The number of sulfonamides is 1. The zero-order valence-corrected chi connectivity index (χ0v) is 18.4. The monoisotopic (exact) mass is 488 g/mol. The summed E-state index contributed by atoms with van der Waals surface area (Å²) >= 11 is 3.34. The summed E-state index contributed by atoms with van der Waals surface area (Å²) in [5.41, 5.74) is 1.71. The van der Waals surface area contributed by atoms with Gasteiger partial charge in [-0.1, -0.05) is 52.3 Å². The van der Waals surface area contributed by atoms with E-state index in [0.717, 1.165) is 10.0 Å². The highest BCUT2D eigenvalue weighted by atomic mass is 79.9. The van der Waals surface area contributed by atoms with Crippen molar-refractivity contribution in [1.29, 1.82) is 0 Å². The molecule has 0 saturated heterocycles. The van der Waals surface area contributed by atoms with Crippen molar-refractivity contribution >= 4 is 37.5 Å². The van der Waals surface area contributed by atoms with Crippen molar-refractivity contribution < 1.29 is 17.9 Å². The zero-order valence-electron chi connectivity index (χ0n) is 16.0. The fraction of sp³-hybridized carbons (Fsp3) is 0.136. The molecule has 6 nitrogen and oxygen atoms in total. The molecule has 0 saturated carbocycles. The van der Waals surface area contributed by atoms with Crippen molar-refractivity contribution in [1.82, 2.24) is 4.72 Å². The van der Waals surface area contributed by atoms with E-state index in [2.05, 4.69) is 26.0 Å². The minimum atomic E-state index is -3.61. The first-order valence-corrected chi connectivity index (χ1v) is 11.5.